The van der Waals surface area contributed by atoms with Crippen LogP contribution in [0, 0.1) is 0 Å². The number of nitrogens with zero attached hydrogens (tertiary/aromatic N) is 2. The fourth-order valence-corrected chi connectivity index (χ4v) is 9.72. The highest BCUT2D eigenvalue weighted by molar-refractivity contribution is 7.99. The molecule has 0 bridgehead atoms. The lowest BCUT2D eigenvalue weighted by atomic mass is 9.93. The van der Waals surface area contributed by atoms with Crippen LogP contribution in [0.1, 0.15) is 112 Å². The van der Waals surface area contributed by atoms with E-state index in [1.54, 1.807) is 23.5 Å². The van der Waals surface area contributed by atoms with Crippen LogP contribution in [0.4, 0.5) is 34.1 Å². The second-order valence-electron chi connectivity index (χ2n) is 18.0. The van der Waals surface area contributed by atoms with Crippen LogP contribution >= 0.6 is 23.5 Å². The highest BCUT2D eigenvalue weighted by Crippen LogP contribution is 2.39. The average Bonchev–Trinajstić information content (AvgIpc) is 3.35. The Labute approximate surface area is 414 Å². The Balaban J connectivity index is 0.000000201. The van der Waals surface area contributed by atoms with Crippen LogP contribution in [-0.2, 0) is 0 Å². The lowest BCUT2D eigenvalue weighted by molar-refractivity contribution is 0.835. The molecule has 0 heterocycles. The number of anilines is 4. The molecule has 8 aromatic carbocycles. The van der Waals surface area contributed by atoms with Crippen molar-refractivity contribution in [2.45, 2.75) is 98.6 Å². The Morgan fingerprint density at radius 1 is 0.324 bits per heavy atom. The van der Waals surface area contributed by atoms with E-state index in [4.69, 9.17) is 9.98 Å². The normalized spacial score (nSPS) is 11.5. The highest BCUT2D eigenvalue weighted by Gasteiger charge is 2.15. The van der Waals surface area contributed by atoms with Gasteiger partial charge in [-0.1, -0.05) is 212 Å². The number of hydrogen-bond acceptors (Lipinski definition) is 6. The SMILES string of the molecule is CC(C)c1cccc(C(C)C)c1N=Cc1ccccc1Nc1ccccc1Sc1ccccc1.CC(C)c1cccc(C(C)C)c1N=Cc1ccccc1Nc1ccccc1Sc1ccccc1. The molecule has 6 heteroatoms. The van der Waals surface area contributed by atoms with Crippen molar-refractivity contribution in [1.82, 2.24) is 0 Å². The van der Waals surface area contributed by atoms with Crippen molar-refractivity contribution in [2.24, 2.45) is 9.98 Å². The largest absolute Gasteiger partial charge is 0.354 e. The smallest absolute Gasteiger partial charge is 0.0699 e. The summed E-state index contributed by atoms with van der Waals surface area (Å²) in [5, 5.41) is 7.32. The fraction of sp³-hybridized carbons (Fsp3) is 0.194. The van der Waals surface area contributed by atoms with Crippen LogP contribution in [0.15, 0.2) is 224 Å². The summed E-state index contributed by atoms with van der Waals surface area (Å²) in [7, 11) is 0. The quantitative estimate of drug-likeness (QED) is 0.0948. The first kappa shape index (κ1) is 49.3. The van der Waals surface area contributed by atoms with Gasteiger partial charge < -0.3 is 10.6 Å². The molecule has 0 aliphatic rings. The molecule has 0 aliphatic carbocycles. The van der Waals surface area contributed by atoms with Crippen molar-refractivity contribution in [1.29, 1.82) is 0 Å². The number of hydrogen-bond donors (Lipinski definition) is 2. The molecule has 0 aliphatic heterocycles. The minimum absolute atomic E-state index is 0.418. The molecule has 8 aromatic rings. The molecule has 68 heavy (non-hydrogen) atoms. The third kappa shape index (κ3) is 13.3. The van der Waals surface area contributed by atoms with Crippen LogP contribution in [-0.4, -0.2) is 12.4 Å². The molecule has 344 valence electrons. The lowest BCUT2D eigenvalue weighted by Gasteiger charge is -2.17. The van der Waals surface area contributed by atoms with Gasteiger partial charge in [0.15, 0.2) is 0 Å². The van der Waals surface area contributed by atoms with E-state index >= 15 is 0 Å². The van der Waals surface area contributed by atoms with E-state index in [0.717, 1.165) is 45.3 Å². The zero-order valence-corrected chi connectivity index (χ0v) is 42.3. The second-order valence-corrected chi connectivity index (χ2v) is 20.2. The Kier molecular flexibility index (Phi) is 17.7. The van der Waals surface area contributed by atoms with Crippen LogP contribution in [0.3, 0.4) is 0 Å². The van der Waals surface area contributed by atoms with Gasteiger partial charge in [-0.25, -0.2) is 0 Å². The summed E-state index contributed by atoms with van der Waals surface area (Å²) in [6, 6.07) is 67.7. The van der Waals surface area contributed by atoms with Gasteiger partial charge in [0.1, 0.15) is 0 Å². The maximum atomic E-state index is 5.04. The molecule has 0 saturated carbocycles. The van der Waals surface area contributed by atoms with Gasteiger partial charge in [0.25, 0.3) is 0 Å². The van der Waals surface area contributed by atoms with Crippen LogP contribution < -0.4 is 10.6 Å². The van der Waals surface area contributed by atoms with E-state index in [2.05, 4.69) is 248 Å². The first-order chi connectivity index (χ1) is 33.0. The van der Waals surface area contributed by atoms with Gasteiger partial charge in [-0.05, 0) is 107 Å². The third-order valence-electron chi connectivity index (χ3n) is 11.5. The highest BCUT2D eigenvalue weighted by atomic mass is 32.2. The summed E-state index contributed by atoms with van der Waals surface area (Å²) in [6.45, 7) is 17.9. The zero-order chi connectivity index (χ0) is 47.8. The van der Waals surface area contributed by atoms with Crippen molar-refractivity contribution < 1.29 is 0 Å². The molecule has 0 aromatic heterocycles. The van der Waals surface area contributed by atoms with E-state index in [9.17, 15) is 0 Å². The van der Waals surface area contributed by atoms with Gasteiger partial charge in [0.05, 0.1) is 22.7 Å². The van der Waals surface area contributed by atoms with Crippen molar-refractivity contribution >= 4 is 70.1 Å². The Bertz CT molecular complexity index is 2670. The molecule has 8 rings (SSSR count). The van der Waals surface area contributed by atoms with Crippen molar-refractivity contribution in [3.8, 4) is 0 Å². The summed E-state index contributed by atoms with van der Waals surface area (Å²) in [5.41, 5.74) is 13.7. The number of benzene rings is 8. The predicted octanol–water partition coefficient (Wildman–Crippen LogP) is 19.2. The summed E-state index contributed by atoms with van der Waals surface area (Å²) >= 11 is 3.53. The standard InChI is InChI=1S/2C31H32N2S/c2*1-22(2)26-16-12-17-27(23(3)4)31(26)32-21-24-13-8-9-18-28(24)33-29-19-10-11-20-30(29)34-25-14-6-5-7-15-25/h2*5-23,33H,1-4H3. The van der Waals surface area contributed by atoms with E-state index in [-0.39, 0.29) is 0 Å². The van der Waals surface area contributed by atoms with Gasteiger partial charge in [0, 0.05) is 54.5 Å². The summed E-state index contributed by atoms with van der Waals surface area (Å²) in [6.07, 6.45) is 4.00. The second kappa shape index (κ2) is 24.4. The molecular weight excluding hydrogens is 865 g/mol. The Morgan fingerprint density at radius 3 is 0.956 bits per heavy atom. The fourth-order valence-electron chi connectivity index (χ4n) is 7.88. The van der Waals surface area contributed by atoms with Crippen molar-refractivity contribution in [3.05, 3.63) is 228 Å². The topological polar surface area (TPSA) is 48.8 Å². The minimum Gasteiger partial charge on any atom is -0.354 e. The lowest BCUT2D eigenvalue weighted by Crippen LogP contribution is -1.98. The van der Waals surface area contributed by atoms with Crippen LogP contribution in [0.5, 0.6) is 0 Å². The van der Waals surface area contributed by atoms with Crippen molar-refractivity contribution in [3.63, 3.8) is 0 Å². The van der Waals surface area contributed by atoms with Gasteiger partial charge in [-0.15, -0.1) is 0 Å². The molecular formula is C62H64N4S2. The number of para-hydroxylation sites is 6. The predicted molar refractivity (Wildman–Crippen MR) is 297 cm³/mol. The monoisotopic (exact) mass is 928 g/mol. The number of rotatable bonds is 16. The summed E-state index contributed by atoms with van der Waals surface area (Å²) < 4.78 is 0. The maximum Gasteiger partial charge on any atom is 0.0699 e. The Hall–Kier alpha value is -6.60. The molecule has 0 fully saturated rings. The first-order valence-corrected chi connectivity index (χ1v) is 25.4. The molecule has 0 atom stereocenters. The molecule has 0 saturated heterocycles. The van der Waals surface area contributed by atoms with E-state index in [1.807, 2.05) is 24.6 Å². The van der Waals surface area contributed by atoms with Gasteiger partial charge in [-0.2, -0.15) is 0 Å². The maximum absolute atomic E-state index is 5.04. The van der Waals surface area contributed by atoms with Gasteiger partial charge >= 0.3 is 0 Å². The van der Waals surface area contributed by atoms with Crippen LogP contribution in [0.2, 0.25) is 0 Å². The number of nitrogens with one attached hydrogen (secondary N) is 2. The summed E-state index contributed by atoms with van der Waals surface area (Å²) in [5.74, 6) is 1.67. The van der Waals surface area contributed by atoms with Crippen LogP contribution in [0.25, 0.3) is 0 Å². The van der Waals surface area contributed by atoms with E-state index in [0.29, 0.717) is 23.7 Å². The van der Waals surface area contributed by atoms with E-state index in [1.165, 1.54) is 41.8 Å². The molecule has 0 spiro atoms. The number of aliphatic imine (C=N–C) groups is 2. The van der Waals surface area contributed by atoms with Gasteiger partial charge in [0.2, 0.25) is 0 Å². The zero-order valence-electron chi connectivity index (χ0n) is 40.7. The van der Waals surface area contributed by atoms with E-state index < -0.39 is 0 Å². The molecule has 0 unspecified atom stereocenters. The van der Waals surface area contributed by atoms with Crippen molar-refractivity contribution in [2.75, 3.05) is 10.6 Å². The molecule has 2 N–H and O–H groups in total. The minimum atomic E-state index is 0.418. The summed E-state index contributed by atoms with van der Waals surface area (Å²) in [4.78, 5) is 14.9. The molecule has 4 nitrogen and oxygen atoms in total. The molecule has 0 amide bonds. The Morgan fingerprint density at radius 2 is 0.618 bits per heavy atom. The average molecular weight is 929 g/mol. The van der Waals surface area contributed by atoms with Gasteiger partial charge in [-0.3, -0.25) is 9.98 Å². The molecule has 0 radical (unpaired) electrons. The first-order valence-electron chi connectivity index (χ1n) is 23.7. The third-order valence-corrected chi connectivity index (χ3v) is 13.7.